The SMILES string of the molecule is O=C(NC(c1ccc(CN2CCC(c3cnn4ncccc34)CC2)cc1)c1ccc(F)c(F)c1)C1(O)CC1. The van der Waals surface area contributed by atoms with Gasteiger partial charge in [-0.1, -0.05) is 30.3 Å². The molecule has 4 aromatic rings. The first kappa shape index (κ1) is 24.6. The second kappa shape index (κ2) is 9.89. The van der Waals surface area contributed by atoms with Gasteiger partial charge >= 0.3 is 0 Å². The number of carbonyl (C=O) groups is 1. The van der Waals surface area contributed by atoms with Crippen LogP contribution in [0.25, 0.3) is 5.52 Å². The fraction of sp³-hybridized carbons (Fsp3) is 0.345. The molecule has 1 saturated heterocycles. The van der Waals surface area contributed by atoms with Crippen molar-refractivity contribution in [2.75, 3.05) is 13.1 Å². The van der Waals surface area contributed by atoms with E-state index >= 15 is 0 Å². The van der Waals surface area contributed by atoms with E-state index in [9.17, 15) is 18.7 Å². The molecule has 196 valence electrons. The van der Waals surface area contributed by atoms with Crippen molar-refractivity contribution in [2.24, 2.45) is 0 Å². The van der Waals surface area contributed by atoms with E-state index in [0.717, 1.165) is 61.3 Å². The molecular formula is C29H29F2N5O2. The van der Waals surface area contributed by atoms with Crippen LogP contribution in [0, 0.1) is 11.6 Å². The first-order chi connectivity index (χ1) is 18.4. The van der Waals surface area contributed by atoms with Gasteiger partial charge in [-0.2, -0.15) is 14.8 Å². The van der Waals surface area contributed by atoms with E-state index in [4.69, 9.17) is 0 Å². The number of fused-ring (bicyclic) bond motifs is 1. The summed E-state index contributed by atoms with van der Waals surface area (Å²) in [6.45, 7) is 2.73. The number of aliphatic hydroxyl groups is 1. The van der Waals surface area contributed by atoms with Gasteiger partial charge in [0.25, 0.3) is 5.91 Å². The number of aromatic nitrogens is 3. The molecule has 1 unspecified atom stereocenters. The van der Waals surface area contributed by atoms with Gasteiger partial charge in [0.2, 0.25) is 0 Å². The molecule has 7 nitrogen and oxygen atoms in total. The second-order valence-corrected chi connectivity index (χ2v) is 10.4. The van der Waals surface area contributed by atoms with Crippen LogP contribution in [0.2, 0.25) is 0 Å². The molecule has 38 heavy (non-hydrogen) atoms. The summed E-state index contributed by atoms with van der Waals surface area (Å²) in [5.41, 5.74) is 3.23. The Morgan fingerprint density at radius 2 is 1.76 bits per heavy atom. The number of benzene rings is 2. The average Bonchev–Trinajstić information content (AvgIpc) is 3.55. The van der Waals surface area contributed by atoms with Gasteiger partial charge in [-0.15, -0.1) is 0 Å². The number of hydrogen-bond donors (Lipinski definition) is 2. The number of nitrogens with one attached hydrogen (secondary N) is 1. The zero-order valence-corrected chi connectivity index (χ0v) is 20.9. The molecule has 6 rings (SSSR count). The summed E-state index contributed by atoms with van der Waals surface area (Å²) in [4.78, 5) is 15.0. The molecule has 0 bridgehead atoms. The highest BCUT2D eigenvalue weighted by atomic mass is 19.2. The Hall–Kier alpha value is -3.69. The van der Waals surface area contributed by atoms with Gasteiger partial charge in [-0.05, 0) is 85.6 Å². The van der Waals surface area contributed by atoms with E-state index in [1.165, 1.54) is 11.6 Å². The standard InChI is InChI=1S/C29H29F2N5O2/c30-24-8-7-22(16-25(24)31)27(34-28(37)29(38)11-12-29)21-5-3-19(4-6-21)18-35-14-9-20(10-15-35)23-17-33-36-26(23)2-1-13-32-36/h1-8,13,16-17,20,27,38H,9-12,14-15,18H2,(H,34,37). The van der Waals surface area contributed by atoms with Gasteiger partial charge in [0, 0.05) is 18.3 Å². The molecule has 2 N–H and O–H groups in total. The van der Waals surface area contributed by atoms with Crippen molar-refractivity contribution < 1.29 is 18.7 Å². The van der Waals surface area contributed by atoms with Crippen LogP contribution in [0.5, 0.6) is 0 Å². The second-order valence-electron chi connectivity index (χ2n) is 10.4. The minimum Gasteiger partial charge on any atom is -0.380 e. The lowest BCUT2D eigenvalue weighted by atomic mass is 9.90. The smallest absolute Gasteiger partial charge is 0.252 e. The minimum absolute atomic E-state index is 0.396. The molecule has 9 heteroatoms. The predicted molar refractivity (Wildman–Crippen MR) is 137 cm³/mol. The maximum atomic E-state index is 14.0. The number of likely N-dealkylation sites (tertiary alicyclic amines) is 1. The van der Waals surface area contributed by atoms with E-state index in [1.807, 2.05) is 36.5 Å². The third-order valence-corrected chi connectivity index (χ3v) is 7.78. The van der Waals surface area contributed by atoms with Crippen LogP contribution in [0.15, 0.2) is 67.0 Å². The van der Waals surface area contributed by atoms with Gasteiger partial charge in [0.15, 0.2) is 11.6 Å². The summed E-state index contributed by atoms with van der Waals surface area (Å²) in [5.74, 6) is -1.97. The number of carbonyl (C=O) groups excluding carboxylic acids is 1. The average molecular weight is 518 g/mol. The third-order valence-electron chi connectivity index (χ3n) is 7.78. The van der Waals surface area contributed by atoms with Crippen LogP contribution < -0.4 is 5.32 Å². The molecule has 1 atom stereocenters. The normalized spacial score (nSPS) is 18.4. The Morgan fingerprint density at radius 1 is 1.03 bits per heavy atom. The molecule has 2 aromatic carbocycles. The van der Waals surface area contributed by atoms with Crippen molar-refractivity contribution in [3.63, 3.8) is 0 Å². The van der Waals surface area contributed by atoms with E-state index in [1.54, 1.807) is 10.8 Å². The van der Waals surface area contributed by atoms with Gasteiger partial charge in [0.05, 0.1) is 17.8 Å². The maximum absolute atomic E-state index is 14.0. The lowest BCUT2D eigenvalue weighted by Crippen LogP contribution is -2.39. The molecule has 2 aromatic heterocycles. The number of rotatable bonds is 7. The maximum Gasteiger partial charge on any atom is 0.252 e. The van der Waals surface area contributed by atoms with E-state index in [2.05, 4.69) is 26.5 Å². The summed E-state index contributed by atoms with van der Waals surface area (Å²) < 4.78 is 29.3. The number of amides is 1. The Balaban J connectivity index is 1.13. The van der Waals surface area contributed by atoms with Crippen molar-refractivity contribution >= 4 is 11.4 Å². The van der Waals surface area contributed by atoms with Crippen LogP contribution >= 0.6 is 0 Å². The number of hydrogen-bond acceptors (Lipinski definition) is 5. The van der Waals surface area contributed by atoms with Gasteiger partial charge in [0.1, 0.15) is 5.60 Å². The summed E-state index contributed by atoms with van der Waals surface area (Å²) in [6.07, 6.45) is 6.55. The monoisotopic (exact) mass is 517 g/mol. The number of piperidine rings is 1. The molecule has 3 heterocycles. The van der Waals surface area contributed by atoms with Gasteiger partial charge in [-0.3, -0.25) is 9.69 Å². The summed E-state index contributed by atoms with van der Waals surface area (Å²) in [6, 6.07) is 14.7. The summed E-state index contributed by atoms with van der Waals surface area (Å²) >= 11 is 0. The van der Waals surface area contributed by atoms with Crippen LogP contribution in [0.4, 0.5) is 8.78 Å². The Bertz CT molecular complexity index is 1460. The van der Waals surface area contributed by atoms with Crippen LogP contribution in [0.3, 0.4) is 0 Å². The molecule has 1 aliphatic heterocycles. The highest BCUT2D eigenvalue weighted by Gasteiger charge is 2.48. The molecule has 2 aliphatic rings. The van der Waals surface area contributed by atoms with Crippen LogP contribution in [0.1, 0.15) is 59.9 Å². The minimum atomic E-state index is -1.37. The van der Waals surface area contributed by atoms with Crippen molar-refractivity contribution in [3.8, 4) is 0 Å². The van der Waals surface area contributed by atoms with Crippen molar-refractivity contribution in [3.05, 3.63) is 101 Å². The first-order valence-corrected chi connectivity index (χ1v) is 13.0. The molecule has 1 saturated carbocycles. The zero-order chi connectivity index (χ0) is 26.3. The lowest BCUT2D eigenvalue weighted by Gasteiger charge is -2.31. The number of nitrogens with zero attached hydrogens (tertiary/aromatic N) is 4. The Kier molecular flexibility index (Phi) is 6.41. The highest BCUT2D eigenvalue weighted by molar-refractivity contribution is 5.88. The molecule has 1 aliphatic carbocycles. The highest BCUT2D eigenvalue weighted by Crippen LogP contribution is 2.37. The van der Waals surface area contributed by atoms with Crippen molar-refractivity contribution in [1.82, 2.24) is 25.0 Å². The Labute approximate surface area is 219 Å². The van der Waals surface area contributed by atoms with E-state index < -0.39 is 29.2 Å². The van der Waals surface area contributed by atoms with Gasteiger partial charge in [-0.25, -0.2) is 8.78 Å². The molecule has 0 spiro atoms. The lowest BCUT2D eigenvalue weighted by molar-refractivity contribution is -0.131. The third kappa shape index (κ3) is 4.91. The van der Waals surface area contributed by atoms with Crippen molar-refractivity contribution in [2.45, 2.75) is 49.8 Å². The quantitative estimate of drug-likeness (QED) is 0.386. The fourth-order valence-electron chi connectivity index (χ4n) is 5.30. The molecular weight excluding hydrogens is 488 g/mol. The van der Waals surface area contributed by atoms with E-state index in [-0.39, 0.29) is 0 Å². The Morgan fingerprint density at radius 3 is 2.47 bits per heavy atom. The summed E-state index contributed by atoms with van der Waals surface area (Å²) in [5, 5.41) is 21.7. The molecule has 2 fully saturated rings. The van der Waals surface area contributed by atoms with Crippen molar-refractivity contribution in [1.29, 1.82) is 0 Å². The van der Waals surface area contributed by atoms with Gasteiger partial charge < -0.3 is 10.4 Å². The molecule has 0 radical (unpaired) electrons. The zero-order valence-electron chi connectivity index (χ0n) is 20.9. The summed E-state index contributed by atoms with van der Waals surface area (Å²) in [7, 11) is 0. The largest absolute Gasteiger partial charge is 0.380 e. The van der Waals surface area contributed by atoms with Crippen LogP contribution in [-0.2, 0) is 11.3 Å². The topological polar surface area (TPSA) is 82.8 Å². The fourth-order valence-corrected chi connectivity index (χ4v) is 5.30. The van der Waals surface area contributed by atoms with E-state index in [0.29, 0.717) is 24.3 Å². The first-order valence-electron chi connectivity index (χ1n) is 13.0. The number of halogens is 2. The predicted octanol–water partition coefficient (Wildman–Crippen LogP) is 4.12. The molecule has 1 amide bonds. The van der Waals surface area contributed by atoms with Crippen LogP contribution in [-0.4, -0.2) is 49.4 Å².